The van der Waals surface area contributed by atoms with Crippen LogP contribution in [0.4, 0.5) is 0 Å². The van der Waals surface area contributed by atoms with Crippen LogP contribution in [0.15, 0.2) is 88.2 Å². The lowest BCUT2D eigenvalue weighted by molar-refractivity contribution is 0.430. The zero-order chi connectivity index (χ0) is 19.8. The smallest absolute Gasteiger partial charge is 0.279 e. The summed E-state index contributed by atoms with van der Waals surface area (Å²) in [5.41, 5.74) is 2.90. The molecule has 2 heterocycles. The fourth-order valence-electron chi connectivity index (χ4n) is 3.23. The van der Waals surface area contributed by atoms with Gasteiger partial charge in [0.15, 0.2) is 5.69 Å². The molecule has 0 aliphatic heterocycles. The fourth-order valence-corrected chi connectivity index (χ4v) is 3.23. The summed E-state index contributed by atoms with van der Waals surface area (Å²) in [6.45, 7) is 2.00. The predicted molar refractivity (Wildman–Crippen MR) is 111 cm³/mol. The van der Waals surface area contributed by atoms with E-state index in [0.717, 1.165) is 11.1 Å². The van der Waals surface area contributed by atoms with Gasteiger partial charge in [-0.3, -0.25) is 4.79 Å². The molecule has 0 aliphatic rings. The highest BCUT2D eigenvalue weighted by Gasteiger charge is 2.18. The Kier molecular flexibility index (Phi) is 4.02. The van der Waals surface area contributed by atoms with E-state index in [0.29, 0.717) is 28.0 Å². The molecule has 5 aromatic rings. The Morgan fingerprint density at radius 1 is 0.828 bits per heavy atom. The van der Waals surface area contributed by atoms with Crippen LogP contribution >= 0.6 is 0 Å². The van der Waals surface area contributed by atoms with Gasteiger partial charge >= 0.3 is 0 Å². The van der Waals surface area contributed by atoms with Crippen molar-refractivity contribution in [2.45, 2.75) is 6.92 Å². The van der Waals surface area contributed by atoms with Crippen molar-refractivity contribution in [2.24, 2.45) is 0 Å². The molecule has 0 amide bonds. The highest BCUT2D eigenvalue weighted by Crippen LogP contribution is 2.26. The Labute approximate surface area is 166 Å². The van der Waals surface area contributed by atoms with Gasteiger partial charge in [-0.2, -0.15) is 14.8 Å². The van der Waals surface area contributed by atoms with Crippen LogP contribution in [0, 0.1) is 6.92 Å². The summed E-state index contributed by atoms with van der Waals surface area (Å²) in [7, 11) is 0. The van der Waals surface area contributed by atoms with Crippen molar-refractivity contribution in [1.29, 1.82) is 0 Å². The normalized spacial score (nSPS) is 11.1. The van der Waals surface area contributed by atoms with E-state index in [-0.39, 0.29) is 11.4 Å². The molecule has 0 radical (unpaired) electrons. The Balaban J connectivity index is 1.74. The number of aryl methyl sites for hydroxylation is 1. The van der Waals surface area contributed by atoms with Gasteiger partial charge in [0.2, 0.25) is 5.82 Å². The Morgan fingerprint density at radius 2 is 1.52 bits per heavy atom. The van der Waals surface area contributed by atoms with Crippen molar-refractivity contribution in [2.75, 3.05) is 0 Å². The molecule has 3 aromatic carbocycles. The molecule has 0 saturated carbocycles. The van der Waals surface area contributed by atoms with Crippen LogP contribution < -0.4 is 5.56 Å². The second-order valence-corrected chi connectivity index (χ2v) is 6.74. The molecule has 6 heteroatoms. The number of benzene rings is 3. The van der Waals surface area contributed by atoms with Gasteiger partial charge in [0.25, 0.3) is 11.4 Å². The van der Waals surface area contributed by atoms with Gasteiger partial charge in [0.05, 0.1) is 11.1 Å². The molecule has 0 unspecified atom stereocenters. The molecule has 0 fully saturated rings. The van der Waals surface area contributed by atoms with Crippen molar-refractivity contribution in [3.63, 3.8) is 0 Å². The van der Waals surface area contributed by atoms with Crippen molar-refractivity contribution in [1.82, 2.24) is 19.9 Å². The molecule has 140 valence electrons. The first-order valence-corrected chi connectivity index (χ1v) is 9.19. The van der Waals surface area contributed by atoms with Crippen LogP contribution in [0.1, 0.15) is 5.56 Å². The molecule has 0 saturated heterocycles. The molecule has 29 heavy (non-hydrogen) atoms. The topological polar surface area (TPSA) is 73.8 Å². The summed E-state index contributed by atoms with van der Waals surface area (Å²) in [6, 6.07) is 24.5. The van der Waals surface area contributed by atoms with Gasteiger partial charge in [0, 0.05) is 10.9 Å². The van der Waals surface area contributed by atoms with Gasteiger partial charge in [-0.05, 0) is 25.1 Å². The first-order chi connectivity index (χ1) is 14.2. The SMILES string of the molecule is Cc1ccc(-n2nc(-c3nc(-c4ccccc4)no3)c3ccccc3c2=O)cc1. The first-order valence-electron chi connectivity index (χ1n) is 9.19. The predicted octanol–water partition coefficient (Wildman–Crippen LogP) is 4.41. The highest BCUT2D eigenvalue weighted by atomic mass is 16.5. The number of rotatable bonds is 3. The monoisotopic (exact) mass is 380 g/mol. The van der Waals surface area contributed by atoms with E-state index in [9.17, 15) is 4.79 Å². The largest absolute Gasteiger partial charge is 0.332 e. The third-order valence-corrected chi connectivity index (χ3v) is 4.74. The standard InChI is InChI=1S/C23H16N4O2/c1-15-11-13-17(14-12-15)27-23(28)19-10-6-5-9-18(19)20(25-27)22-24-21(26-29-22)16-7-3-2-4-8-16/h2-14H,1H3. The van der Waals surface area contributed by atoms with Crippen LogP contribution in [0.5, 0.6) is 0 Å². The third-order valence-electron chi connectivity index (χ3n) is 4.74. The number of hydrogen-bond donors (Lipinski definition) is 0. The summed E-state index contributed by atoms with van der Waals surface area (Å²) < 4.78 is 6.90. The minimum atomic E-state index is -0.198. The van der Waals surface area contributed by atoms with Crippen molar-refractivity contribution in [3.05, 3.63) is 94.8 Å². The first kappa shape index (κ1) is 17.1. The zero-order valence-corrected chi connectivity index (χ0v) is 15.6. The molecule has 0 N–H and O–H groups in total. The van der Waals surface area contributed by atoms with E-state index < -0.39 is 0 Å². The molecular formula is C23H16N4O2. The zero-order valence-electron chi connectivity index (χ0n) is 15.6. The summed E-state index contributed by atoms with van der Waals surface area (Å²) in [4.78, 5) is 17.6. The average Bonchev–Trinajstić information content (AvgIpc) is 3.26. The minimum Gasteiger partial charge on any atom is -0.332 e. The number of hydrogen-bond acceptors (Lipinski definition) is 5. The van der Waals surface area contributed by atoms with Crippen LogP contribution in [0.25, 0.3) is 39.4 Å². The number of aromatic nitrogens is 4. The number of nitrogens with zero attached hydrogens (tertiary/aromatic N) is 4. The maximum absolute atomic E-state index is 13.1. The Bertz CT molecular complexity index is 1370. The van der Waals surface area contributed by atoms with Crippen LogP contribution in [0.2, 0.25) is 0 Å². The maximum atomic E-state index is 13.1. The Morgan fingerprint density at radius 3 is 2.28 bits per heavy atom. The molecule has 2 aromatic heterocycles. The Hall–Kier alpha value is -4.06. The average molecular weight is 380 g/mol. The second kappa shape index (κ2) is 6.83. The minimum absolute atomic E-state index is 0.198. The summed E-state index contributed by atoms with van der Waals surface area (Å²) in [6.07, 6.45) is 0. The lowest BCUT2D eigenvalue weighted by Gasteiger charge is -2.09. The van der Waals surface area contributed by atoms with Gasteiger partial charge in [-0.25, -0.2) is 0 Å². The van der Waals surface area contributed by atoms with Gasteiger partial charge in [0.1, 0.15) is 0 Å². The summed E-state index contributed by atoms with van der Waals surface area (Å²) >= 11 is 0. The second-order valence-electron chi connectivity index (χ2n) is 6.74. The maximum Gasteiger partial charge on any atom is 0.279 e. The molecule has 0 atom stereocenters. The van der Waals surface area contributed by atoms with E-state index in [1.807, 2.05) is 79.7 Å². The third kappa shape index (κ3) is 3.00. The van der Waals surface area contributed by atoms with Gasteiger partial charge in [-0.1, -0.05) is 71.4 Å². The molecule has 0 bridgehead atoms. The fraction of sp³-hybridized carbons (Fsp3) is 0.0435. The lowest BCUT2D eigenvalue weighted by Crippen LogP contribution is -2.22. The molecule has 0 aliphatic carbocycles. The lowest BCUT2D eigenvalue weighted by atomic mass is 10.1. The molecular weight excluding hydrogens is 364 g/mol. The highest BCUT2D eigenvalue weighted by molar-refractivity contribution is 5.92. The van der Waals surface area contributed by atoms with Crippen molar-refractivity contribution in [3.8, 4) is 28.7 Å². The molecule has 0 spiro atoms. The van der Waals surface area contributed by atoms with E-state index in [1.54, 1.807) is 6.07 Å². The summed E-state index contributed by atoms with van der Waals surface area (Å²) in [5, 5.41) is 9.89. The van der Waals surface area contributed by atoms with Crippen LogP contribution in [-0.4, -0.2) is 19.9 Å². The van der Waals surface area contributed by atoms with Gasteiger partial charge in [-0.15, -0.1) is 0 Å². The van der Waals surface area contributed by atoms with E-state index in [1.165, 1.54) is 4.68 Å². The summed E-state index contributed by atoms with van der Waals surface area (Å²) in [5.74, 6) is 0.737. The molecule has 5 rings (SSSR count). The van der Waals surface area contributed by atoms with Crippen LogP contribution in [-0.2, 0) is 0 Å². The number of fused-ring (bicyclic) bond motifs is 1. The molecule has 6 nitrogen and oxygen atoms in total. The van der Waals surface area contributed by atoms with Crippen molar-refractivity contribution >= 4 is 10.8 Å². The quantitative estimate of drug-likeness (QED) is 0.463. The van der Waals surface area contributed by atoms with E-state index in [2.05, 4.69) is 15.2 Å². The van der Waals surface area contributed by atoms with Crippen molar-refractivity contribution < 1.29 is 4.52 Å². The van der Waals surface area contributed by atoms with E-state index in [4.69, 9.17) is 4.52 Å². The van der Waals surface area contributed by atoms with Gasteiger partial charge < -0.3 is 4.52 Å². The van der Waals surface area contributed by atoms with E-state index >= 15 is 0 Å². The van der Waals surface area contributed by atoms with Crippen LogP contribution in [0.3, 0.4) is 0 Å².